The molecule has 0 saturated carbocycles. The molecule has 4 rings (SSSR count). The van der Waals surface area contributed by atoms with E-state index >= 15 is 0 Å². The second-order valence-electron chi connectivity index (χ2n) is 7.31. The molecule has 0 radical (unpaired) electrons. The van der Waals surface area contributed by atoms with Crippen molar-refractivity contribution in [3.8, 4) is 33.8 Å². The van der Waals surface area contributed by atoms with Crippen molar-refractivity contribution in [2.75, 3.05) is 0 Å². The third-order valence-electron chi connectivity index (χ3n) is 5.24. The van der Waals surface area contributed by atoms with E-state index in [2.05, 4.69) is 18.0 Å². The molecule has 0 atom stereocenters. The predicted octanol–water partition coefficient (Wildman–Crippen LogP) is 6.91. The van der Waals surface area contributed by atoms with Crippen molar-refractivity contribution in [2.24, 2.45) is 0 Å². The number of rotatable bonds is 6. The van der Waals surface area contributed by atoms with Crippen LogP contribution in [0, 0.1) is 6.57 Å². The normalized spacial score (nSPS) is 10.2. The quantitative estimate of drug-likeness (QED) is 0.140. The number of nitrogens with zero attached hydrogens (tertiary/aromatic N) is 1. The van der Waals surface area contributed by atoms with Gasteiger partial charge in [0.05, 0.1) is 6.57 Å². The fraction of sp³-hybridized carbons (Fsp3) is 0. The molecule has 4 aromatic rings. The van der Waals surface area contributed by atoms with Crippen LogP contribution in [-0.4, -0.2) is 11.9 Å². The zero-order valence-corrected chi connectivity index (χ0v) is 18.2. The molecule has 0 fully saturated rings. The zero-order chi connectivity index (χ0) is 24.1. The summed E-state index contributed by atoms with van der Waals surface area (Å²) in [6.07, 6.45) is 2.17. The van der Waals surface area contributed by atoms with Crippen LogP contribution in [0.2, 0.25) is 0 Å². The molecule has 0 unspecified atom stereocenters. The van der Waals surface area contributed by atoms with Gasteiger partial charge in [-0.1, -0.05) is 67.8 Å². The Balaban J connectivity index is 1.74. The molecule has 0 aliphatic heterocycles. The lowest BCUT2D eigenvalue weighted by Gasteiger charge is -2.12. The van der Waals surface area contributed by atoms with Crippen LogP contribution in [0.5, 0.6) is 11.5 Å². The molecular formula is C29H19NO4. The number of fused-ring (bicyclic) bond motifs is 1. The van der Waals surface area contributed by atoms with E-state index in [0.717, 1.165) is 34.4 Å². The first-order chi connectivity index (χ1) is 16.5. The van der Waals surface area contributed by atoms with Gasteiger partial charge in [0.25, 0.3) is 0 Å². The Hall–Kier alpha value is -4.95. The van der Waals surface area contributed by atoms with Crippen molar-refractivity contribution in [1.82, 2.24) is 0 Å². The van der Waals surface area contributed by atoms with Crippen LogP contribution in [0.4, 0.5) is 5.69 Å². The smallest absolute Gasteiger partial charge is 0.335 e. The van der Waals surface area contributed by atoms with E-state index in [-0.39, 0.29) is 0 Å². The van der Waals surface area contributed by atoms with E-state index in [1.165, 1.54) is 0 Å². The molecule has 164 valence electrons. The number of ether oxygens (including phenoxy) is 2. The fourth-order valence-electron chi connectivity index (χ4n) is 3.54. The van der Waals surface area contributed by atoms with Gasteiger partial charge in [0, 0.05) is 22.9 Å². The summed E-state index contributed by atoms with van der Waals surface area (Å²) in [6, 6.07) is 24.2. The maximum absolute atomic E-state index is 11.8. The van der Waals surface area contributed by atoms with Gasteiger partial charge >= 0.3 is 11.9 Å². The molecular weight excluding hydrogens is 426 g/mol. The number of hydrogen-bond acceptors (Lipinski definition) is 4. The van der Waals surface area contributed by atoms with Crippen molar-refractivity contribution in [3.63, 3.8) is 0 Å². The van der Waals surface area contributed by atoms with Crippen LogP contribution < -0.4 is 9.47 Å². The van der Waals surface area contributed by atoms with Crippen LogP contribution in [0.3, 0.4) is 0 Å². The van der Waals surface area contributed by atoms with Gasteiger partial charge < -0.3 is 9.47 Å². The van der Waals surface area contributed by atoms with Crippen LogP contribution >= 0.6 is 0 Å². The van der Waals surface area contributed by atoms with Crippen molar-refractivity contribution in [3.05, 3.63) is 116 Å². The lowest BCUT2D eigenvalue weighted by Crippen LogP contribution is -2.06. The molecule has 34 heavy (non-hydrogen) atoms. The van der Waals surface area contributed by atoms with E-state index < -0.39 is 11.9 Å². The average Bonchev–Trinajstić information content (AvgIpc) is 2.89. The van der Waals surface area contributed by atoms with Crippen molar-refractivity contribution in [2.45, 2.75) is 0 Å². The average molecular weight is 445 g/mol. The van der Waals surface area contributed by atoms with Gasteiger partial charge in [-0.25, -0.2) is 14.4 Å². The number of carbonyl (C=O) groups excluding carboxylic acids is 2. The van der Waals surface area contributed by atoms with E-state index in [9.17, 15) is 9.59 Å². The van der Waals surface area contributed by atoms with Gasteiger partial charge in [0.1, 0.15) is 11.5 Å². The zero-order valence-electron chi connectivity index (χ0n) is 18.2. The minimum absolute atomic E-state index is 0.330. The fourth-order valence-corrected chi connectivity index (χ4v) is 3.54. The lowest BCUT2D eigenvalue weighted by atomic mass is 9.97. The van der Waals surface area contributed by atoms with Gasteiger partial charge in [0.15, 0.2) is 5.69 Å². The number of hydrogen-bond donors (Lipinski definition) is 0. The molecule has 0 saturated heterocycles. The monoisotopic (exact) mass is 445 g/mol. The molecule has 5 heteroatoms. The summed E-state index contributed by atoms with van der Waals surface area (Å²) in [5.74, 6) is -0.503. The maximum atomic E-state index is 11.8. The first-order valence-corrected chi connectivity index (χ1v) is 10.4. The molecule has 0 spiro atoms. The number of esters is 2. The highest BCUT2D eigenvalue weighted by atomic mass is 16.5. The SMILES string of the molecule is [C-]#[N+]c1ccc(-c2ccc(-c3ccc4c(OC(=O)C=C)ccc(OC(=O)C=C)c4c3)cc2)cc1. The third-order valence-corrected chi connectivity index (χ3v) is 5.24. The molecule has 4 aromatic carbocycles. The molecule has 0 aliphatic carbocycles. The van der Waals surface area contributed by atoms with Crippen molar-refractivity contribution >= 4 is 28.4 Å². The van der Waals surface area contributed by atoms with Gasteiger partial charge in [-0.05, 0) is 46.5 Å². The Kier molecular flexibility index (Phi) is 6.33. The summed E-state index contributed by atoms with van der Waals surface area (Å²) in [4.78, 5) is 27.0. The first kappa shape index (κ1) is 22.3. The molecule has 0 aromatic heterocycles. The van der Waals surface area contributed by atoms with Gasteiger partial charge in [-0.2, -0.15) is 0 Å². The van der Waals surface area contributed by atoms with Crippen LogP contribution in [0.25, 0.3) is 37.9 Å². The highest BCUT2D eigenvalue weighted by Gasteiger charge is 2.13. The minimum Gasteiger partial charge on any atom is -0.423 e. The van der Waals surface area contributed by atoms with Gasteiger partial charge in [0.2, 0.25) is 0 Å². The van der Waals surface area contributed by atoms with E-state index in [0.29, 0.717) is 28.0 Å². The van der Waals surface area contributed by atoms with Crippen molar-refractivity contribution in [1.29, 1.82) is 0 Å². The number of carbonyl (C=O) groups is 2. The third kappa shape index (κ3) is 4.62. The first-order valence-electron chi connectivity index (χ1n) is 10.4. The molecule has 0 aliphatic rings. The topological polar surface area (TPSA) is 57.0 Å². The Bertz CT molecular complexity index is 1460. The van der Waals surface area contributed by atoms with Crippen LogP contribution in [0.1, 0.15) is 0 Å². The van der Waals surface area contributed by atoms with Gasteiger partial charge in [-0.15, -0.1) is 0 Å². The lowest BCUT2D eigenvalue weighted by molar-refractivity contribution is -0.129. The highest BCUT2D eigenvalue weighted by molar-refractivity contribution is 5.99. The summed E-state index contributed by atoms with van der Waals surface area (Å²) in [5, 5.41) is 1.23. The number of benzene rings is 4. The van der Waals surface area contributed by atoms with E-state index in [4.69, 9.17) is 16.0 Å². The van der Waals surface area contributed by atoms with Crippen LogP contribution in [-0.2, 0) is 9.59 Å². The maximum Gasteiger partial charge on any atom is 0.335 e. The Morgan fingerprint density at radius 1 is 0.647 bits per heavy atom. The van der Waals surface area contributed by atoms with E-state index in [1.807, 2.05) is 54.6 Å². The molecule has 0 heterocycles. The molecule has 0 bridgehead atoms. The predicted molar refractivity (Wildman–Crippen MR) is 133 cm³/mol. The van der Waals surface area contributed by atoms with E-state index in [1.54, 1.807) is 24.3 Å². The Labute approximate surface area is 197 Å². The largest absolute Gasteiger partial charge is 0.423 e. The van der Waals surface area contributed by atoms with Crippen molar-refractivity contribution < 1.29 is 19.1 Å². The summed E-state index contributed by atoms with van der Waals surface area (Å²) < 4.78 is 10.8. The summed E-state index contributed by atoms with van der Waals surface area (Å²) in [7, 11) is 0. The highest BCUT2D eigenvalue weighted by Crippen LogP contribution is 2.37. The second-order valence-corrected chi connectivity index (χ2v) is 7.31. The van der Waals surface area contributed by atoms with Crippen LogP contribution in [0.15, 0.2) is 104 Å². The summed E-state index contributed by atoms with van der Waals surface area (Å²) in [5.41, 5.74) is 4.50. The standard InChI is InChI=1S/C29H19NO4/c1-4-28(31)33-26-16-17-27(34-29(32)5-2)25-18-22(12-15-24(25)26)21-8-6-19(7-9-21)20-10-13-23(30-3)14-11-20/h4-18H,1-2H2. The summed E-state index contributed by atoms with van der Waals surface area (Å²) in [6.45, 7) is 14.0. The summed E-state index contributed by atoms with van der Waals surface area (Å²) >= 11 is 0. The molecule has 0 N–H and O–H groups in total. The second kappa shape index (κ2) is 9.68. The minimum atomic E-state index is -0.587. The molecule has 0 amide bonds. The van der Waals surface area contributed by atoms with Gasteiger partial charge in [-0.3, -0.25) is 0 Å². The molecule has 5 nitrogen and oxygen atoms in total. The Morgan fingerprint density at radius 2 is 1.09 bits per heavy atom. The Morgan fingerprint density at radius 3 is 1.59 bits per heavy atom.